The number of nitrogens with two attached hydrogens (primary N) is 1. The number of rotatable bonds is 1. The molecular weight excluding hydrogens is 164 g/mol. The third-order valence-corrected chi connectivity index (χ3v) is 4.11. The zero-order valence-corrected chi connectivity index (χ0v) is 8.36. The monoisotopic (exact) mass is 182 g/mol. The smallest absolute Gasteiger partial charge is 0.176 e. The molecule has 4 atom stereocenters. The molecule has 3 aliphatic rings. The first-order valence-electron chi connectivity index (χ1n) is 5.33. The van der Waals surface area contributed by atoms with Crippen molar-refractivity contribution >= 4 is 0 Å². The Labute approximate surface area is 79.2 Å². The predicted octanol–water partition coefficient (Wildman–Crippen LogP) is 0.748. The summed E-state index contributed by atoms with van der Waals surface area (Å²) >= 11 is 0. The molecule has 0 aromatic heterocycles. The molecule has 3 heterocycles. The normalized spacial score (nSPS) is 54.0. The minimum absolute atomic E-state index is 0.362. The van der Waals surface area contributed by atoms with Gasteiger partial charge in [0.05, 0.1) is 6.61 Å². The molecule has 0 bridgehead atoms. The first kappa shape index (κ1) is 8.21. The molecule has 0 saturated carbocycles. The fourth-order valence-corrected chi connectivity index (χ4v) is 3.45. The second-order valence-electron chi connectivity index (χ2n) is 5.13. The van der Waals surface area contributed by atoms with Crippen molar-refractivity contribution < 1.29 is 4.74 Å². The van der Waals surface area contributed by atoms with E-state index < -0.39 is 0 Å². The van der Waals surface area contributed by atoms with Crippen molar-refractivity contribution in [1.29, 1.82) is 0 Å². The van der Waals surface area contributed by atoms with Crippen LogP contribution in [0, 0.1) is 11.8 Å². The van der Waals surface area contributed by atoms with Crippen molar-refractivity contribution in [3.05, 3.63) is 0 Å². The van der Waals surface area contributed by atoms with Crippen LogP contribution in [-0.4, -0.2) is 29.4 Å². The maximum absolute atomic E-state index is 6.10. The van der Waals surface area contributed by atoms with Crippen LogP contribution in [0.4, 0.5) is 0 Å². The van der Waals surface area contributed by atoms with E-state index in [1.165, 1.54) is 6.42 Å². The van der Waals surface area contributed by atoms with Crippen molar-refractivity contribution in [2.75, 3.05) is 6.61 Å². The topological polar surface area (TPSA) is 38.5 Å². The van der Waals surface area contributed by atoms with Crippen LogP contribution in [0.15, 0.2) is 0 Å². The molecule has 4 unspecified atom stereocenters. The zero-order chi connectivity index (χ0) is 9.22. The molecule has 0 aliphatic carbocycles. The van der Waals surface area contributed by atoms with Crippen molar-refractivity contribution in [1.82, 2.24) is 4.90 Å². The van der Waals surface area contributed by atoms with Gasteiger partial charge in [-0.25, -0.2) is 0 Å². The SMILES string of the molecule is CC(C)C1CC2CC3(N)OCC1N23. The maximum Gasteiger partial charge on any atom is 0.176 e. The van der Waals surface area contributed by atoms with Crippen LogP contribution in [-0.2, 0) is 4.74 Å². The van der Waals surface area contributed by atoms with Gasteiger partial charge in [0.1, 0.15) is 0 Å². The van der Waals surface area contributed by atoms with E-state index in [1.54, 1.807) is 0 Å². The largest absolute Gasteiger partial charge is 0.346 e. The number of hydrogen-bond acceptors (Lipinski definition) is 3. The van der Waals surface area contributed by atoms with Gasteiger partial charge in [0.15, 0.2) is 5.85 Å². The van der Waals surface area contributed by atoms with Gasteiger partial charge in [0.2, 0.25) is 0 Å². The van der Waals surface area contributed by atoms with E-state index in [9.17, 15) is 0 Å². The summed E-state index contributed by atoms with van der Waals surface area (Å²) in [5.41, 5.74) is 6.10. The van der Waals surface area contributed by atoms with Gasteiger partial charge in [-0.05, 0) is 18.3 Å². The molecule has 3 fully saturated rings. The van der Waals surface area contributed by atoms with Crippen LogP contribution in [0.3, 0.4) is 0 Å². The van der Waals surface area contributed by atoms with E-state index in [-0.39, 0.29) is 5.85 Å². The van der Waals surface area contributed by atoms with Gasteiger partial charge < -0.3 is 4.74 Å². The molecule has 0 aromatic carbocycles. The third-order valence-electron chi connectivity index (χ3n) is 4.11. The van der Waals surface area contributed by atoms with Gasteiger partial charge in [0, 0.05) is 18.5 Å². The molecule has 74 valence electrons. The van der Waals surface area contributed by atoms with E-state index >= 15 is 0 Å². The van der Waals surface area contributed by atoms with Gasteiger partial charge in [-0.15, -0.1) is 0 Å². The summed E-state index contributed by atoms with van der Waals surface area (Å²) in [5, 5.41) is 0. The number of ether oxygens (including phenoxy) is 1. The molecular formula is C10H18N2O. The van der Waals surface area contributed by atoms with Crippen LogP contribution in [0.1, 0.15) is 26.7 Å². The van der Waals surface area contributed by atoms with Crippen LogP contribution in [0.5, 0.6) is 0 Å². The average Bonchev–Trinajstić information content (AvgIpc) is 2.44. The lowest BCUT2D eigenvalue weighted by Gasteiger charge is -2.48. The summed E-state index contributed by atoms with van der Waals surface area (Å²) in [6.45, 7) is 5.48. The summed E-state index contributed by atoms with van der Waals surface area (Å²) < 4.78 is 5.66. The fraction of sp³-hybridized carbons (Fsp3) is 1.00. The molecule has 2 N–H and O–H groups in total. The van der Waals surface area contributed by atoms with Crippen molar-refractivity contribution in [3.63, 3.8) is 0 Å². The highest BCUT2D eigenvalue weighted by atomic mass is 16.5. The Morgan fingerprint density at radius 1 is 1.54 bits per heavy atom. The second-order valence-corrected chi connectivity index (χ2v) is 5.13. The Balaban J connectivity index is 1.87. The van der Waals surface area contributed by atoms with Crippen molar-refractivity contribution in [2.45, 2.75) is 44.6 Å². The zero-order valence-electron chi connectivity index (χ0n) is 8.36. The first-order valence-corrected chi connectivity index (χ1v) is 5.33. The van der Waals surface area contributed by atoms with Crippen LogP contribution in [0.25, 0.3) is 0 Å². The molecule has 3 heteroatoms. The standard InChI is InChI=1S/C10H18N2O/c1-6(2)8-3-7-4-10(11)12(7)9(8)5-13-10/h6-9H,3-5,11H2,1-2H3. The van der Waals surface area contributed by atoms with E-state index in [0.717, 1.165) is 30.9 Å². The Hall–Kier alpha value is -0.120. The highest BCUT2D eigenvalue weighted by Crippen LogP contribution is 2.52. The number of nitrogens with zero attached hydrogens (tertiary/aromatic N) is 1. The molecule has 0 aromatic rings. The summed E-state index contributed by atoms with van der Waals surface area (Å²) in [5.74, 6) is 1.21. The molecule has 0 radical (unpaired) electrons. The average molecular weight is 182 g/mol. The Morgan fingerprint density at radius 3 is 3.00 bits per heavy atom. The minimum Gasteiger partial charge on any atom is -0.346 e. The molecule has 3 nitrogen and oxygen atoms in total. The van der Waals surface area contributed by atoms with Crippen molar-refractivity contribution in [3.8, 4) is 0 Å². The highest BCUT2D eigenvalue weighted by Gasteiger charge is 2.64. The maximum atomic E-state index is 6.10. The summed E-state index contributed by atoms with van der Waals surface area (Å²) in [4.78, 5) is 2.41. The van der Waals surface area contributed by atoms with E-state index in [1.807, 2.05) is 0 Å². The van der Waals surface area contributed by atoms with Gasteiger partial charge in [0.25, 0.3) is 0 Å². The minimum atomic E-state index is -0.362. The van der Waals surface area contributed by atoms with Gasteiger partial charge in [-0.1, -0.05) is 13.8 Å². The third kappa shape index (κ3) is 0.853. The van der Waals surface area contributed by atoms with Crippen LogP contribution < -0.4 is 5.73 Å². The Bertz CT molecular complexity index is 243. The van der Waals surface area contributed by atoms with Gasteiger partial charge in [-0.3, -0.25) is 10.6 Å². The molecule has 3 rings (SSSR count). The van der Waals surface area contributed by atoms with Crippen LogP contribution >= 0.6 is 0 Å². The highest BCUT2D eigenvalue weighted by molar-refractivity contribution is 5.11. The number of hydrogen-bond donors (Lipinski definition) is 1. The van der Waals surface area contributed by atoms with Crippen LogP contribution in [0.2, 0.25) is 0 Å². The lowest BCUT2D eigenvalue weighted by Crippen LogP contribution is -2.67. The molecule has 3 aliphatic heterocycles. The Kier molecular flexibility index (Phi) is 1.43. The van der Waals surface area contributed by atoms with Crippen molar-refractivity contribution in [2.24, 2.45) is 17.6 Å². The Morgan fingerprint density at radius 2 is 2.31 bits per heavy atom. The van der Waals surface area contributed by atoms with E-state index in [2.05, 4.69) is 18.7 Å². The van der Waals surface area contributed by atoms with E-state index in [4.69, 9.17) is 10.5 Å². The predicted molar refractivity (Wildman–Crippen MR) is 49.8 cm³/mol. The van der Waals surface area contributed by atoms with Gasteiger partial charge >= 0.3 is 0 Å². The van der Waals surface area contributed by atoms with Gasteiger partial charge in [-0.2, -0.15) is 0 Å². The molecule has 0 spiro atoms. The van der Waals surface area contributed by atoms with E-state index in [0.29, 0.717) is 6.04 Å². The summed E-state index contributed by atoms with van der Waals surface area (Å²) in [6.07, 6.45) is 2.39. The fourth-order valence-electron chi connectivity index (χ4n) is 3.45. The first-order chi connectivity index (χ1) is 6.12. The summed E-state index contributed by atoms with van der Waals surface area (Å²) in [6, 6.07) is 1.34. The molecule has 13 heavy (non-hydrogen) atoms. The lowest BCUT2D eigenvalue weighted by molar-refractivity contribution is -0.174. The molecule has 3 saturated heterocycles. The summed E-state index contributed by atoms with van der Waals surface area (Å²) in [7, 11) is 0. The molecule has 0 amide bonds. The lowest BCUT2D eigenvalue weighted by atomic mass is 9.87. The quantitative estimate of drug-likeness (QED) is 0.650. The second kappa shape index (κ2) is 2.27.